The smallest absolute Gasteiger partial charge is 0.207 e. The second kappa shape index (κ2) is 6.17. The van der Waals surface area contributed by atoms with Crippen molar-refractivity contribution < 1.29 is 12.8 Å². The lowest BCUT2D eigenvalue weighted by Crippen LogP contribution is -2.23. The van der Waals surface area contributed by atoms with Crippen LogP contribution in [0.1, 0.15) is 5.56 Å². The Morgan fingerprint density at radius 2 is 1.90 bits per heavy atom. The van der Waals surface area contributed by atoms with Crippen LogP contribution in [0.4, 0.5) is 4.39 Å². The van der Waals surface area contributed by atoms with E-state index in [0.717, 1.165) is 11.3 Å². The number of nitrogens with one attached hydrogen (secondary N) is 1. The number of sulfonamides is 1. The average molecular weight is 375 g/mol. The lowest BCUT2D eigenvalue weighted by molar-refractivity contribution is 0.581. The summed E-state index contributed by atoms with van der Waals surface area (Å²) in [4.78, 5) is -0.0811. The number of benzene rings is 1. The van der Waals surface area contributed by atoms with E-state index in [1.807, 2.05) is 0 Å². The maximum atomic E-state index is 13.0. The molecule has 3 nitrogen and oxygen atoms in total. The fourth-order valence-corrected chi connectivity index (χ4v) is 4.78. The normalized spacial score (nSPS) is 11.8. The molecule has 0 spiro atoms. The molecule has 0 fully saturated rings. The van der Waals surface area contributed by atoms with Crippen LogP contribution >= 0.6 is 46.1 Å². The highest BCUT2D eigenvalue weighted by Gasteiger charge is 2.20. The summed E-state index contributed by atoms with van der Waals surface area (Å²) in [5.41, 5.74) is 0.525. The molecule has 0 aliphatic carbocycles. The van der Waals surface area contributed by atoms with Gasteiger partial charge in [-0.05, 0) is 23.8 Å². The van der Waals surface area contributed by atoms with Crippen LogP contribution in [0.25, 0.3) is 0 Å². The summed E-state index contributed by atoms with van der Waals surface area (Å²) in [7, 11) is -3.78. The molecule has 0 aliphatic rings. The van der Waals surface area contributed by atoms with Gasteiger partial charge in [-0.3, -0.25) is 0 Å². The molecule has 1 heterocycles. The van der Waals surface area contributed by atoms with Gasteiger partial charge in [-0.15, -0.1) is 11.3 Å². The van der Waals surface area contributed by atoms with Crippen molar-refractivity contribution in [1.82, 2.24) is 4.72 Å². The summed E-state index contributed by atoms with van der Waals surface area (Å²) in [6, 6.07) is 5.22. The lowest BCUT2D eigenvalue weighted by Gasteiger charge is -2.06. The average Bonchev–Trinajstić information content (AvgIpc) is 2.71. The molecule has 1 N–H and O–H groups in total. The monoisotopic (exact) mass is 373 g/mol. The fourth-order valence-electron chi connectivity index (χ4n) is 1.41. The Balaban J connectivity index is 2.17. The van der Waals surface area contributed by atoms with Crippen molar-refractivity contribution in [2.75, 3.05) is 0 Å². The Kier molecular flexibility index (Phi) is 4.94. The van der Waals surface area contributed by atoms with E-state index in [1.54, 1.807) is 0 Å². The van der Waals surface area contributed by atoms with E-state index in [9.17, 15) is 12.8 Å². The summed E-state index contributed by atoms with van der Waals surface area (Å²) < 4.78 is 39.8. The zero-order valence-electron chi connectivity index (χ0n) is 9.66. The SMILES string of the molecule is O=S(=O)(NCc1ccc(F)c(Cl)c1)c1cc(Cl)sc1Cl. The van der Waals surface area contributed by atoms with E-state index in [1.165, 1.54) is 24.3 Å². The Labute approximate surface area is 134 Å². The van der Waals surface area contributed by atoms with Gasteiger partial charge in [-0.1, -0.05) is 40.9 Å². The summed E-state index contributed by atoms with van der Waals surface area (Å²) in [5, 5.41) is -0.0710. The van der Waals surface area contributed by atoms with Crippen molar-refractivity contribution in [2.24, 2.45) is 0 Å². The molecule has 2 rings (SSSR count). The van der Waals surface area contributed by atoms with Gasteiger partial charge in [-0.2, -0.15) is 0 Å². The van der Waals surface area contributed by atoms with Crippen molar-refractivity contribution >= 4 is 56.2 Å². The van der Waals surface area contributed by atoms with Crippen LogP contribution in [-0.4, -0.2) is 8.42 Å². The molecule has 108 valence electrons. The highest BCUT2D eigenvalue weighted by Crippen LogP contribution is 2.34. The van der Waals surface area contributed by atoms with Crippen LogP contribution in [0.15, 0.2) is 29.2 Å². The van der Waals surface area contributed by atoms with E-state index in [4.69, 9.17) is 34.8 Å². The molecule has 0 unspecified atom stereocenters. The number of halogens is 4. The van der Waals surface area contributed by atoms with Crippen molar-refractivity contribution in [3.8, 4) is 0 Å². The fraction of sp³-hybridized carbons (Fsp3) is 0.0909. The van der Waals surface area contributed by atoms with Crippen LogP contribution in [0, 0.1) is 5.82 Å². The predicted octanol–water partition coefficient (Wildman–Crippen LogP) is 4.33. The van der Waals surface area contributed by atoms with Gasteiger partial charge in [0, 0.05) is 6.54 Å². The van der Waals surface area contributed by atoms with Crippen LogP contribution < -0.4 is 4.72 Å². The van der Waals surface area contributed by atoms with Gasteiger partial charge in [0.25, 0.3) is 0 Å². The van der Waals surface area contributed by atoms with Gasteiger partial charge in [0.15, 0.2) is 0 Å². The van der Waals surface area contributed by atoms with Crippen LogP contribution in [-0.2, 0) is 16.6 Å². The second-order valence-corrected chi connectivity index (χ2v) is 8.19. The number of rotatable bonds is 4. The van der Waals surface area contributed by atoms with Crippen LogP contribution in [0.2, 0.25) is 13.7 Å². The van der Waals surface area contributed by atoms with Crippen molar-refractivity contribution in [2.45, 2.75) is 11.4 Å². The lowest BCUT2D eigenvalue weighted by atomic mass is 10.2. The molecule has 1 aromatic carbocycles. The summed E-state index contributed by atoms with van der Waals surface area (Å²) >= 11 is 18.1. The van der Waals surface area contributed by atoms with Gasteiger partial charge >= 0.3 is 0 Å². The van der Waals surface area contributed by atoms with E-state index in [-0.39, 0.29) is 25.1 Å². The van der Waals surface area contributed by atoms with Crippen molar-refractivity contribution in [1.29, 1.82) is 0 Å². The van der Waals surface area contributed by atoms with Crippen molar-refractivity contribution in [3.63, 3.8) is 0 Å². The maximum Gasteiger partial charge on any atom is 0.243 e. The largest absolute Gasteiger partial charge is 0.243 e. The molecule has 0 aliphatic heterocycles. The molecule has 1 aromatic heterocycles. The highest BCUT2D eigenvalue weighted by molar-refractivity contribution is 7.89. The molecular weight excluding hydrogens is 368 g/mol. The minimum atomic E-state index is -3.78. The van der Waals surface area contributed by atoms with Gasteiger partial charge in [-0.25, -0.2) is 17.5 Å². The second-order valence-electron chi connectivity index (χ2n) is 3.76. The standard InChI is InChI=1S/C11H7Cl3FNO2S2/c12-7-3-6(1-2-8(7)15)5-16-20(17,18)9-4-10(13)19-11(9)14/h1-4,16H,5H2. The predicted molar refractivity (Wildman–Crippen MR) is 79.8 cm³/mol. The molecule has 20 heavy (non-hydrogen) atoms. The molecule has 0 radical (unpaired) electrons. The van der Waals surface area contributed by atoms with E-state index in [2.05, 4.69) is 4.72 Å². The number of hydrogen-bond acceptors (Lipinski definition) is 3. The summed E-state index contributed by atoms with van der Waals surface area (Å²) in [6.07, 6.45) is 0. The minimum absolute atomic E-state index is 0.0356. The van der Waals surface area contributed by atoms with Crippen molar-refractivity contribution in [3.05, 3.63) is 49.3 Å². The van der Waals surface area contributed by atoms with E-state index in [0.29, 0.717) is 5.56 Å². The molecule has 9 heteroatoms. The summed E-state index contributed by atoms with van der Waals surface area (Å²) in [5.74, 6) is -0.564. The van der Waals surface area contributed by atoms with E-state index >= 15 is 0 Å². The Morgan fingerprint density at radius 1 is 1.20 bits per heavy atom. The third-order valence-corrected chi connectivity index (χ3v) is 5.81. The zero-order valence-corrected chi connectivity index (χ0v) is 13.6. The van der Waals surface area contributed by atoms with Gasteiger partial charge in [0.2, 0.25) is 10.0 Å². The zero-order chi connectivity index (χ0) is 14.9. The Bertz CT molecular complexity index is 746. The molecule has 0 atom stereocenters. The molecule has 0 amide bonds. The van der Waals surface area contributed by atoms with Crippen LogP contribution in [0.3, 0.4) is 0 Å². The molecule has 2 aromatic rings. The molecular formula is C11H7Cl3FNO2S2. The molecule has 0 saturated carbocycles. The number of thiophene rings is 1. The molecule has 0 bridgehead atoms. The van der Waals surface area contributed by atoms with Crippen LogP contribution in [0.5, 0.6) is 0 Å². The highest BCUT2D eigenvalue weighted by atomic mass is 35.5. The first-order valence-electron chi connectivity index (χ1n) is 5.18. The third-order valence-electron chi connectivity index (χ3n) is 2.37. The first-order chi connectivity index (χ1) is 9.29. The molecule has 0 saturated heterocycles. The topological polar surface area (TPSA) is 46.2 Å². The quantitative estimate of drug-likeness (QED) is 0.866. The Hall–Kier alpha value is -0.370. The van der Waals surface area contributed by atoms with Gasteiger partial charge in [0.1, 0.15) is 15.0 Å². The van der Waals surface area contributed by atoms with E-state index < -0.39 is 15.8 Å². The third kappa shape index (κ3) is 3.63. The Morgan fingerprint density at radius 3 is 2.45 bits per heavy atom. The first-order valence-corrected chi connectivity index (χ1v) is 8.61. The van der Waals surface area contributed by atoms with Gasteiger partial charge in [0.05, 0.1) is 9.36 Å². The minimum Gasteiger partial charge on any atom is -0.207 e. The maximum absolute atomic E-state index is 13.0. The summed E-state index contributed by atoms with van der Waals surface area (Å²) in [6.45, 7) is -0.0356. The number of hydrogen-bond donors (Lipinski definition) is 1. The first kappa shape index (κ1) is 16.0. The van der Waals surface area contributed by atoms with Gasteiger partial charge < -0.3 is 0 Å².